The quantitative estimate of drug-likeness (QED) is 0.377. The molecule has 0 saturated heterocycles. The number of nitrogens with zero attached hydrogens (tertiary/aromatic N) is 2. The zero-order valence-corrected chi connectivity index (χ0v) is 15.5. The number of carbonyl (C=O) groups excluding carboxylic acids is 1. The predicted octanol–water partition coefficient (Wildman–Crippen LogP) is 4.59. The number of para-hydroxylation sites is 1. The van der Waals surface area contributed by atoms with E-state index in [-0.39, 0.29) is 5.97 Å². The molecule has 0 N–H and O–H groups in total. The van der Waals surface area contributed by atoms with Crippen LogP contribution in [-0.4, -0.2) is 31.2 Å². The average molecular weight is 350 g/mol. The van der Waals surface area contributed by atoms with E-state index in [1.165, 1.54) is 11.3 Å². The zero-order valence-electron chi connectivity index (χ0n) is 15.5. The first-order valence-corrected chi connectivity index (χ1v) is 8.79. The maximum atomic E-state index is 11.4. The largest absolute Gasteiger partial charge is 0.462 e. The fraction of sp³-hybridized carbons (Fsp3) is 0.273. The number of rotatable bonds is 9. The Balaban J connectivity index is 1.89. The fourth-order valence-corrected chi connectivity index (χ4v) is 2.50. The molecule has 2 rings (SSSR count). The Hall–Kier alpha value is -2.88. The molecule has 0 saturated carbocycles. The monoisotopic (exact) mass is 350 g/mol. The lowest BCUT2D eigenvalue weighted by atomic mass is 10.1. The van der Waals surface area contributed by atoms with E-state index in [2.05, 4.69) is 47.8 Å². The van der Waals surface area contributed by atoms with Gasteiger partial charge >= 0.3 is 5.97 Å². The van der Waals surface area contributed by atoms with Crippen LogP contribution in [0, 0.1) is 0 Å². The van der Waals surface area contributed by atoms with Gasteiger partial charge in [0.15, 0.2) is 0 Å². The first-order valence-electron chi connectivity index (χ1n) is 8.79. The molecule has 0 spiro atoms. The summed E-state index contributed by atoms with van der Waals surface area (Å²) < 4.78 is 5.13. The standard InChI is InChI=1S/C22H26N2O2/c1-18(2)22(25)26-17-7-6-16-24(3)21-9-5-4-8-20(21)11-10-19-12-14-23-15-13-19/h4-5,8-15H,1,6-7,16-17H2,2-3H3. The molecule has 0 aliphatic carbocycles. The van der Waals surface area contributed by atoms with Crippen molar-refractivity contribution >= 4 is 23.8 Å². The average Bonchev–Trinajstić information content (AvgIpc) is 2.66. The van der Waals surface area contributed by atoms with Gasteiger partial charge in [-0.3, -0.25) is 4.98 Å². The summed E-state index contributed by atoms with van der Waals surface area (Å²) >= 11 is 0. The number of hydrogen-bond donors (Lipinski definition) is 0. The summed E-state index contributed by atoms with van der Waals surface area (Å²) in [4.78, 5) is 17.6. The second-order valence-electron chi connectivity index (χ2n) is 6.22. The molecule has 0 fully saturated rings. The van der Waals surface area contributed by atoms with Crippen molar-refractivity contribution in [2.24, 2.45) is 0 Å². The van der Waals surface area contributed by atoms with Gasteiger partial charge in [-0.05, 0) is 49.1 Å². The van der Waals surface area contributed by atoms with Crippen LogP contribution < -0.4 is 4.90 Å². The van der Waals surface area contributed by atoms with Crippen LogP contribution in [0.5, 0.6) is 0 Å². The van der Waals surface area contributed by atoms with Crippen LogP contribution in [0.25, 0.3) is 12.2 Å². The van der Waals surface area contributed by atoms with Crippen molar-refractivity contribution in [3.8, 4) is 0 Å². The molecule has 0 atom stereocenters. The van der Waals surface area contributed by atoms with Crippen LogP contribution in [0.3, 0.4) is 0 Å². The minimum atomic E-state index is -0.315. The highest BCUT2D eigenvalue weighted by atomic mass is 16.5. The van der Waals surface area contributed by atoms with Crippen molar-refractivity contribution < 1.29 is 9.53 Å². The van der Waals surface area contributed by atoms with Gasteiger partial charge in [-0.2, -0.15) is 0 Å². The Morgan fingerprint density at radius 2 is 1.88 bits per heavy atom. The van der Waals surface area contributed by atoms with Crippen molar-refractivity contribution in [1.82, 2.24) is 4.98 Å². The van der Waals surface area contributed by atoms with Gasteiger partial charge in [0.2, 0.25) is 0 Å². The summed E-state index contributed by atoms with van der Waals surface area (Å²) in [6.07, 6.45) is 9.57. The van der Waals surface area contributed by atoms with E-state index < -0.39 is 0 Å². The normalized spacial score (nSPS) is 10.7. The summed E-state index contributed by atoms with van der Waals surface area (Å²) in [7, 11) is 2.08. The van der Waals surface area contributed by atoms with Crippen LogP contribution in [0.2, 0.25) is 0 Å². The second-order valence-corrected chi connectivity index (χ2v) is 6.22. The second kappa shape index (κ2) is 10.2. The zero-order chi connectivity index (χ0) is 18.8. The van der Waals surface area contributed by atoms with E-state index >= 15 is 0 Å². The third-order valence-corrected chi connectivity index (χ3v) is 3.98. The number of esters is 1. The van der Waals surface area contributed by atoms with Crippen LogP contribution in [0.15, 0.2) is 60.9 Å². The molecule has 4 heteroatoms. The molecule has 1 aromatic carbocycles. The van der Waals surface area contributed by atoms with Crippen molar-refractivity contribution in [2.75, 3.05) is 25.1 Å². The van der Waals surface area contributed by atoms with Crippen molar-refractivity contribution in [3.63, 3.8) is 0 Å². The first kappa shape index (κ1) is 19.4. The molecule has 136 valence electrons. The smallest absolute Gasteiger partial charge is 0.333 e. The first-order chi connectivity index (χ1) is 12.6. The summed E-state index contributed by atoms with van der Waals surface area (Å²) in [6, 6.07) is 12.3. The Morgan fingerprint density at radius 1 is 1.15 bits per heavy atom. The molecule has 0 amide bonds. The van der Waals surface area contributed by atoms with Gasteiger partial charge in [-0.25, -0.2) is 4.79 Å². The number of ether oxygens (including phenoxy) is 1. The predicted molar refractivity (Wildman–Crippen MR) is 108 cm³/mol. The summed E-state index contributed by atoms with van der Waals surface area (Å²) in [5.74, 6) is -0.315. The molecule has 0 bridgehead atoms. The number of benzene rings is 1. The van der Waals surface area contributed by atoms with E-state index in [0.717, 1.165) is 24.9 Å². The lowest BCUT2D eigenvalue weighted by Crippen LogP contribution is -2.20. The van der Waals surface area contributed by atoms with Gasteiger partial charge in [-0.1, -0.05) is 36.9 Å². The van der Waals surface area contributed by atoms with Crippen molar-refractivity contribution in [3.05, 3.63) is 72.1 Å². The minimum absolute atomic E-state index is 0.315. The lowest BCUT2D eigenvalue weighted by Gasteiger charge is -2.21. The molecule has 0 radical (unpaired) electrons. The summed E-state index contributed by atoms with van der Waals surface area (Å²) in [5.41, 5.74) is 3.91. The maximum Gasteiger partial charge on any atom is 0.333 e. The SMILES string of the molecule is C=C(C)C(=O)OCCCCN(C)c1ccccc1C=Cc1ccncc1. The third kappa shape index (κ3) is 6.20. The van der Waals surface area contributed by atoms with Crippen molar-refractivity contribution in [1.29, 1.82) is 0 Å². The molecule has 26 heavy (non-hydrogen) atoms. The summed E-state index contributed by atoms with van der Waals surface area (Å²) in [5, 5.41) is 0. The number of anilines is 1. The number of hydrogen-bond acceptors (Lipinski definition) is 4. The maximum absolute atomic E-state index is 11.4. The summed E-state index contributed by atoms with van der Waals surface area (Å²) in [6.45, 7) is 6.56. The van der Waals surface area contributed by atoms with Crippen LogP contribution in [-0.2, 0) is 9.53 Å². The van der Waals surface area contributed by atoms with Crippen molar-refractivity contribution in [2.45, 2.75) is 19.8 Å². The Kier molecular flexibility index (Phi) is 7.62. The molecule has 0 unspecified atom stereocenters. The van der Waals surface area contributed by atoms with Crippen LogP contribution >= 0.6 is 0 Å². The minimum Gasteiger partial charge on any atom is -0.462 e. The number of unbranched alkanes of at least 4 members (excludes halogenated alkanes) is 1. The molecule has 0 aliphatic heterocycles. The highest BCUT2D eigenvalue weighted by molar-refractivity contribution is 5.86. The topological polar surface area (TPSA) is 42.4 Å². The third-order valence-electron chi connectivity index (χ3n) is 3.98. The van der Waals surface area contributed by atoms with Gasteiger partial charge in [0.05, 0.1) is 6.61 Å². The van der Waals surface area contributed by atoms with Gasteiger partial charge in [0.1, 0.15) is 0 Å². The fourth-order valence-electron chi connectivity index (χ4n) is 2.50. The molecule has 0 aliphatic rings. The Bertz CT molecular complexity index is 754. The van der Waals surface area contributed by atoms with E-state index in [0.29, 0.717) is 12.2 Å². The molecule has 1 heterocycles. The molecular weight excluding hydrogens is 324 g/mol. The molecular formula is C22H26N2O2. The Labute approximate surface area is 155 Å². The molecule has 1 aromatic heterocycles. The Morgan fingerprint density at radius 3 is 2.62 bits per heavy atom. The van der Waals surface area contributed by atoms with Crippen LogP contribution in [0.4, 0.5) is 5.69 Å². The van der Waals surface area contributed by atoms with Gasteiger partial charge in [0, 0.05) is 37.2 Å². The highest BCUT2D eigenvalue weighted by Gasteiger charge is 2.06. The van der Waals surface area contributed by atoms with Crippen LogP contribution in [0.1, 0.15) is 30.9 Å². The molecule has 4 nitrogen and oxygen atoms in total. The number of pyridine rings is 1. The van der Waals surface area contributed by atoms with Gasteiger partial charge in [-0.15, -0.1) is 0 Å². The number of aromatic nitrogens is 1. The van der Waals surface area contributed by atoms with E-state index in [1.807, 2.05) is 24.3 Å². The van der Waals surface area contributed by atoms with Gasteiger partial charge in [0.25, 0.3) is 0 Å². The highest BCUT2D eigenvalue weighted by Crippen LogP contribution is 2.22. The lowest BCUT2D eigenvalue weighted by molar-refractivity contribution is -0.139. The van der Waals surface area contributed by atoms with E-state index in [1.54, 1.807) is 19.3 Å². The van der Waals surface area contributed by atoms with E-state index in [4.69, 9.17) is 4.74 Å². The van der Waals surface area contributed by atoms with Gasteiger partial charge < -0.3 is 9.64 Å². The molecule has 2 aromatic rings. The number of carbonyl (C=O) groups is 1. The van der Waals surface area contributed by atoms with E-state index in [9.17, 15) is 4.79 Å².